The van der Waals surface area contributed by atoms with E-state index < -0.39 is 0 Å². The van der Waals surface area contributed by atoms with Gasteiger partial charge in [0.1, 0.15) is 0 Å². The monoisotopic (exact) mass is 238 g/mol. The Balaban J connectivity index is 1.90. The Kier molecular flexibility index (Phi) is 7.81. The average molecular weight is 238 g/mol. The number of unbranched alkanes of at least 4 members (excludes halogenated alkanes) is 7. The lowest BCUT2D eigenvalue weighted by molar-refractivity contribution is 0.162. The van der Waals surface area contributed by atoms with Gasteiger partial charge in [-0.3, -0.25) is 0 Å². The van der Waals surface area contributed by atoms with Crippen LogP contribution in [0.5, 0.6) is 0 Å². The van der Waals surface area contributed by atoms with Gasteiger partial charge in [-0.15, -0.1) is 0 Å². The van der Waals surface area contributed by atoms with Gasteiger partial charge in [-0.1, -0.05) is 58.3 Å². The lowest BCUT2D eigenvalue weighted by Gasteiger charge is -2.07. The highest BCUT2D eigenvalue weighted by Crippen LogP contribution is 2.20. The molecule has 0 saturated heterocycles. The Bertz CT molecular complexity index is 254. The Morgan fingerprint density at radius 3 is 2.29 bits per heavy atom. The maximum atomic E-state index is 9.82. The molecule has 0 radical (unpaired) electrons. The summed E-state index contributed by atoms with van der Waals surface area (Å²) in [5.74, 6) is 0. The van der Waals surface area contributed by atoms with E-state index in [2.05, 4.69) is 6.92 Å². The molecule has 2 heteroatoms. The average Bonchev–Trinajstić information content (AvgIpc) is 2.86. The Hall–Kier alpha value is -0.760. The second-order valence-electron chi connectivity index (χ2n) is 4.84. The van der Waals surface area contributed by atoms with Crippen LogP contribution in [0.3, 0.4) is 0 Å². The van der Waals surface area contributed by atoms with E-state index in [0.717, 1.165) is 18.4 Å². The van der Waals surface area contributed by atoms with E-state index in [1.807, 2.05) is 6.07 Å². The third-order valence-corrected chi connectivity index (χ3v) is 3.26. The van der Waals surface area contributed by atoms with Gasteiger partial charge in [0, 0.05) is 5.56 Å². The molecule has 1 unspecified atom stereocenters. The van der Waals surface area contributed by atoms with E-state index in [-0.39, 0.29) is 6.10 Å². The first kappa shape index (κ1) is 14.3. The van der Waals surface area contributed by atoms with Crippen molar-refractivity contribution in [1.82, 2.24) is 0 Å². The zero-order valence-electron chi connectivity index (χ0n) is 11.0. The second-order valence-corrected chi connectivity index (χ2v) is 4.84. The lowest BCUT2D eigenvalue weighted by atomic mass is 10.0. The maximum Gasteiger partial charge on any atom is 0.0960 e. The summed E-state index contributed by atoms with van der Waals surface area (Å²) in [7, 11) is 0. The zero-order chi connectivity index (χ0) is 12.3. The van der Waals surface area contributed by atoms with Crippen LogP contribution in [-0.2, 0) is 0 Å². The minimum atomic E-state index is -0.339. The third kappa shape index (κ3) is 6.52. The minimum absolute atomic E-state index is 0.339. The molecule has 1 N–H and O–H groups in total. The van der Waals surface area contributed by atoms with Gasteiger partial charge in [0.25, 0.3) is 0 Å². The smallest absolute Gasteiger partial charge is 0.0960 e. The molecule has 2 nitrogen and oxygen atoms in total. The Labute approximate surface area is 105 Å². The van der Waals surface area contributed by atoms with Crippen molar-refractivity contribution in [1.29, 1.82) is 0 Å². The number of hydrogen-bond donors (Lipinski definition) is 1. The van der Waals surface area contributed by atoms with Crippen LogP contribution >= 0.6 is 0 Å². The zero-order valence-corrected chi connectivity index (χ0v) is 11.0. The highest BCUT2D eigenvalue weighted by atomic mass is 16.3. The number of aliphatic hydroxyl groups excluding tert-OH is 1. The van der Waals surface area contributed by atoms with Crippen molar-refractivity contribution in [3.63, 3.8) is 0 Å². The molecule has 1 heterocycles. The van der Waals surface area contributed by atoms with E-state index in [1.54, 1.807) is 12.5 Å². The van der Waals surface area contributed by atoms with E-state index in [9.17, 15) is 5.11 Å². The van der Waals surface area contributed by atoms with E-state index >= 15 is 0 Å². The molecule has 0 aromatic carbocycles. The molecule has 0 saturated carbocycles. The molecule has 1 rings (SSSR count). The van der Waals surface area contributed by atoms with Crippen LogP contribution in [0.1, 0.15) is 76.4 Å². The molecule has 98 valence electrons. The summed E-state index contributed by atoms with van der Waals surface area (Å²) in [5.41, 5.74) is 0.910. The molecule has 1 aromatic rings. The van der Waals surface area contributed by atoms with E-state index in [0.29, 0.717) is 0 Å². The molecule has 0 aliphatic carbocycles. The maximum absolute atomic E-state index is 9.82. The number of hydrogen-bond acceptors (Lipinski definition) is 2. The number of rotatable bonds is 10. The SMILES string of the molecule is CCCCCCCCCCC(O)c1ccoc1. The quantitative estimate of drug-likeness (QED) is 0.591. The number of furan rings is 1. The van der Waals surface area contributed by atoms with Crippen LogP contribution in [0.15, 0.2) is 23.0 Å². The first-order chi connectivity index (χ1) is 8.34. The molecular weight excluding hydrogens is 212 g/mol. The Morgan fingerprint density at radius 2 is 1.71 bits per heavy atom. The van der Waals surface area contributed by atoms with Crippen molar-refractivity contribution in [2.24, 2.45) is 0 Å². The van der Waals surface area contributed by atoms with Gasteiger partial charge in [-0.2, -0.15) is 0 Å². The van der Waals surface area contributed by atoms with Crippen molar-refractivity contribution in [3.05, 3.63) is 24.2 Å². The van der Waals surface area contributed by atoms with Gasteiger partial charge in [-0.05, 0) is 12.5 Å². The highest BCUT2D eigenvalue weighted by molar-refractivity contribution is 5.08. The van der Waals surface area contributed by atoms with Crippen LogP contribution in [0.2, 0.25) is 0 Å². The molecule has 0 spiro atoms. The molecule has 1 aromatic heterocycles. The molecule has 0 amide bonds. The summed E-state index contributed by atoms with van der Waals surface area (Å²) in [6, 6.07) is 1.84. The molecule has 1 atom stereocenters. The molecule has 0 aliphatic heterocycles. The summed E-state index contributed by atoms with van der Waals surface area (Å²) in [6.45, 7) is 2.25. The van der Waals surface area contributed by atoms with Crippen LogP contribution in [-0.4, -0.2) is 5.11 Å². The van der Waals surface area contributed by atoms with E-state index in [4.69, 9.17) is 4.42 Å². The van der Waals surface area contributed by atoms with Crippen molar-refractivity contribution < 1.29 is 9.52 Å². The predicted octanol–water partition coefficient (Wildman–Crippen LogP) is 4.84. The summed E-state index contributed by atoms with van der Waals surface area (Å²) in [5, 5.41) is 9.82. The van der Waals surface area contributed by atoms with Crippen LogP contribution < -0.4 is 0 Å². The first-order valence-corrected chi connectivity index (χ1v) is 7.04. The molecule has 0 aliphatic rings. The Morgan fingerprint density at radius 1 is 1.06 bits per heavy atom. The van der Waals surface area contributed by atoms with Gasteiger partial charge < -0.3 is 9.52 Å². The highest BCUT2D eigenvalue weighted by Gasteiger charge is 2.07. The van der Waals surface area contributed by atoms with Crippen molar-refractivity contribution in [3.8, 4) is 0 Å². The van der Waals surface area contributed by atoms with Gasteiger partial charge in [0.2, 0.25) is 0 Å². The van der Waals surface area contributed by atoms with Crippen molar-refractivity contribution in [2.75, 3.05) is 0 Å². The van der Waals surface area contributed by atoms with Crippen LogP contribution in [0.25, 0.3) is 0 Å². The fourth-order valence-electron chi connectivity index (χ4n) is 2.10. The van der Waals surface area contributed by atoms with Crippen LogP contribution in [0.4, 0.5) is 0 Å². The lowest BCUT2D eigenvalue weighted by Crippen LogP contribution is -1.95. The normalized spacial score (nSPS) is 12.8. The largest absolute Gasteiger partial charge is 0.472 e. The van der Waals surface area contributed by atoms with Crippen LogP contribution in [0, 0.1) is 0 Å². The summed E-state index contributed by atoms with van der Waals surface area (Å²) < 4.78 is 4.96. The summed E-state index contributed by atoms with van der Waals surface area (Å²) in [6.07, 6.45) is 14.2. The predicted molar refractivity (Wildman–Crippen MR) is 70.9 cm³/mol. The molecule has 0 bridgehead atoms. The third-order valence-electron chi connectivity index (χ3n) is 3.26. The van der Waals surface area contributed by atoms with Crippen molar-refractivity contribution >= 4 is 0 Å². The standard InChI is InChI=1S/C15H26O2/c1-2-3-4-5-6-7-8-9-10-15(16)14-11-12-17-13-14/h11-13,15-16H,2-10H2,1H3. The fourth-order valence-corrected chi connectivity index (χ4v) is 2.10. The first-order valence-electron chi connectivity index (χ1n) is 7.04. The van der Waals surface area contributed by atoms with Gasteiger partial charge >= 0.3 is 0 Å². The van der Waals surface area contributed by atoms with Gasteiger partial charge in [-0.25, -0.2) is 0 Å². The molecule has 0 fully saturated rings. The summed E-state index contributed by atoms with van der Waals surface area (Å²) >= 11 is 0. The number of aliphatic hydroxyl groups is 1. The topological polar surface area (TPSA) is 33.4 Å². The van der Waals surface area contributed by atoms with Crippen molar-refractivity contribution in [2.45, 2.75) is 70.8 Å². The molecular formula is C15H26O2. The fraction of sp³-hybridized carbons (Fsp3) is 0.733. The van der Waals surface area contributed by atoms with Gasteiger partial charge in [0.15, 0.2) is 0 Å². The summed E-state index contributed by atoms with van der Waals surface area (Å²) in [4.78, 5) is 0. The van der Waals surface area contributed by atoms with Gasteiger partial charge in [0.05, 0.1) is 18.6 Å². The minimum Gasteiger partial charge on any atom is -0.472 e. The second kappa shape index (κ2) is 9.29. The molecule has 17 heavy (non-hydrogen) atoms. The van der Waals surface area contributed by atoms with E-state index in [1.165, 1.54) is 44.9 Å².